The minimum absolute atomic E-state index is 0.204. The van der Waals surface area contributed by atoms with Crippen molar-refractivity contribution >= 4 is 33.5 Å². The van der Waals surface area contributed by atoms with Gasteiger partial charge < -0.3 is 10.4 Å². The van der Waals surface area contributed by atoms with Crippen LogP contribution in [0.4, 0.5) is 18.9 Å². The van der Waals surface area contributed by atoms with Gasteiger partial charge in [-0.1, -0.05) is 0 Å². The fourth-order valence-electron chi connectivity index (χ4n) is 0.969. The van der Waals surface area contributed by atoms with Crippen LogP contribution in [0.1, 0.15) is 10.4 Å². The number of anilines is 1. The fourth-order valence-corrected chi connectivity index (χ4v) is 1.39. The number of hydrogen-bond acceptors (Lipinski definition) is 2. The Morgan fingerprint density at radius 3 is 2.35 bits per heavy atom. The molecule has 8 heteroatoms. The third kappa shape index (κ3) is 3.45. The van der Waals surface area contributed by atoms with E-state index in [1.165, 1.54) is 6.07 Å². The lowest BCUT2D eigenvalue weighted by Gasteiger charge is -2.09. The molecule has 1 rings (SSSR count). The highest BCUT2D eigenvalue weighted by atomic mass is 79.9. The van der Waals surface area contributed by atoms with E-state index >= 15 is 0 Å². The molecule has 2 N–H and O–H groups in total. The first-order valence-electron chi connectivity index (χ1n) is 4.13. The van der Waals surface area contributed by atoms with E-state index in [-0.39, 0.29) is 15.7 Å². The van der Waals surface area contributed by atoms with E-state index in [2.05, 4.69) is 15.9 Å². The van der Waals surface area contributed by atoms with Gasteiger partial charge in [0, 0.05) is 10.2 Å². The van der Waals surface area contributed by atoms with Gasteiger partial charge in [-0.15, -0.1) is 0 Å². The molecule has 0 saturated carbocycles. The summed E-state index contributed by atoms with van der Waals surface area (Å²) in [6.45, 7) is 0. The lowest BCUT2D eigenvalue weighted by atomic mass is 10.2. The third-order valence-corrected chi connectivity index (χ3v) is 2.40. The molecule has 0 fully saturated rings. The molecular formula is C9H5BrF3NO3. The number of nitrogens with one attached hydrogen (secondary N) is 1. The normalized spacial score (nSPS) is 11.1. The summed E-state index contributed by atoms with van der Waals surface area (Å²) in [6.07, 6.45) is -5.02. The maximum atomic E-state index is 11.9. The van der Waals surface area contributed by atoms with Gasteiger partial charge in [0.2, 0.25) is 0 Å². The first-order valence-corrected chi connectivity index (χ1v) is 4.92. The van der Waals surface area contributed by atoms with Gasteiger partial charge in [0.25, 0.3) is 0 Å². The second kappa shape index (κ2) is 4.74. The lowest BCUT2D eigenvalue weighted by molar-refractivity contribution is -0.167. The number of carbonyl (C=O) groups is 2. The zero-order chi connectivity index (χ0) is 13.2. The largest absolute Gasteiger partial charge is 0.478 e. The SMILES string of the molecule is O=C(O)c1cc(NC(=O)C(F)(F)F)ccc1Br. The van der Waals surface area contributed by atoms with Gasteiger partial charge in [0.05, 0.1) is 5.56 Å². The molecule has 0 spiro atoms. The number of carboxylic acid groups (broad SMARTS) is 1. The molecule has 1 aromatic carbocycles. The van der Waals surface area contributed by atoms with Crippen LogP contribution in [-0.2, 0) is 4.79 Å². The molecule has 92 valence electrons. The molecule has 0 saturated heterocycles. The molecule has 0 aliphatic heterocycles. The van der Waals surface area contributed by atoms with Crippen molar-refractivity contribution in [2.45, 2.75) is 6.18 Å². The Morgan fingerprint density at radius 1 is 1.29 bits per heavy atom. The first-order chi connectivity index (χ1) is 7.71. The molecule has 0 atom stereocenters. The summed E-state index contributed by atoms with van der Waals surface area (Å²) in [5.74, 6) is -3.48. The van der Waals surface area contributed by atoms with Gasteiger partial charge >= 0.3 is 18.1 Å². The Hall–Kier alpha value is -1.57. The Labute approximate surface area is 102 Å². The van der Waals surface area contributed by atoms with Crippen molar-refractivity contribution in [1.82, 2.24) is 0 Å². The smallest absolute Gasteiger partial charge is 0.471 e. The van der Waals surface area contributed by atoms with Crippen LogP contribution in [0.25, 0.3) is 0 Å². The van der Waals surface area contributed by atoms with Gasteiger partial charge in [0.15, 0.2) is 0 Å². The number of carboxylic acids is 1. The highest BCUT2D eigenvalue weighted by molar-refractivity contribution is 9.10. The third-order valence-electron chi connectivity index (χ3n) is 1.71. The highest BCUT2D eigenvalue weighted by Gasteiger charge is 2.38. The molecule has 4 nitrogen and oxygen atoms in total. The van der Waals surface area contributed by atoms with Gasteiger partial charge in [-0.3, -0.25) is 4.79 Å². The van der Waals surface area contributed by atoms with Crippen molar-refractivity contribution in [2.24, 2.45) is 0 Å². The maximum absolute atomic E-state index is 11.9. The number of rotatable bonds is 2. The van der Waals surface area contributed by atoms with Crippen molar-refractivity contribution < 1.29 is 27.9 Å². The van der Waals surface area contributed by atoms with Gasteiger partial charge in [-0.25, -0.2) is 4.79 Å². The molecule has 0 aliphatic carbocycles. The number of aromatic carboxylic acids is 1. The first kappa shape index (κ1) is 13.5. The molecule has 0 unspecified atom stereocenters. The molecule has 0 bridgehead atoms. The van der Waals surface area contributed by atoms with Crippen molar-refractivity contribution in [2.75, 3.05) is 5.32 Å². The van der Waals surface area contributed by atoms with Crippen molar-refractivity contribution in [3.05, 3.63) is 28.2 Å². The molecule has 0 aromatic heterocycles. The summed E-state index contributed by atoms with van der Waals surface area (Å²) >= 11 is 2.92. The Bertz CT molecular complexity index is 473. The maximum Gasteiger partial charge on any atom is 0.471 e. The van der Waals surface area contributed by atoms with E-state index in [4.69, 9.17) is 5.11 Å². The summed E-state index contributed by atoms with van der Waals surface area (Å²) in [4.78, 5) is 21.3. The van der Waals surface area contributed by atoms with Crippen molar-refractivity contribution in [3.63, 3.8) is 0 Å². The Balaban J connectivity index is 2.98. The number of benzene rings is 1. The molecule has 0 heterocycles. The second-order valence-corrected chi connectivity index (χ2v) is 3.81. The van der Waals surface area contributed by atoms with Gasteiger partial charge in [-0.05, 0) is 34.1 Å². The van der Waals surface area contributed by atoms with Crippen LogP contribution in [0.5, 0.6) is 0 Å². The second-order valence-electron chi connectivity index (χ2n) is 2.95. The molecule has 0 aliphatic rings. The zero-order valence-corrected chi connectivity index (χ0v) is 9.59. The van der Waals surface area contributed by atoms with Crippen molar-refractivity contribution in [1.29, 1.82) is 0 Å². The van der Waals surface area contributed by atoms with Crippen LogP contribution in [0, 0.1) is 0 Å². The average Bonchev–Trinajstić information content (AvgIpc) is 2.19. The summed E-state index contributed by atoms with van der Waals surface area (Å²) in [5.41, 5.74) is -0.488. The predicted octanol–water partition coefficient (Wildman–Crippen LogP) is 2.65. The van der Waals surface area contributed by atoms with Crippen LogP contribution in [-0.4, -0.2) is 23.2 Å². The Morgan fingerprint density at radius 2 is 1.88 bits per heavy atom. The summed E-state index contributed by atoms with van der Waals surface area (Å²) in [6, 6.07) is 3.31. The zero-order valence-electron chi connectivity index (χ0n) is 8.01. The number of alkyl halides is 3. The highest BCUT2D eigenvalue weighted by Crippen LogP contribution is 2.23. The van der Waals surface area contributed by atoms with Crippen LogP contribution >= 0.6 is 15.9 Å². The molecular weight excluding hydrogens is 307 g/mol. The summed E-state index contributed by atoms with van der Waals surface area (Å²) in [5, 5.41) is 10.3. The quantitative estimate of drug-likeness (QED) is 0.882. The predicted molar refractivity (Wildman–Crippen MR) is 55.8 cm³/mol. The minimum atomic E-state index is -5.02. The topological polar surface area (TPSA) is 66.4 Å². The lowest BCUT2D eigenvalue weighted by Crippen LogP contribution is -2.30. The average molecular weight is 312 g/mol. The molecule has 1 amide bonds. The van der Waals surface area contributed by atoms with Crippen LogP contribution in [0.15, 0.2) is 22.7 Å². The van der Waals surface area contributed by atoms with Crippen LogP contribution in [0.3, 0.4) is 0 Å². The summed E-state index contributed by atoms with van der Waals surface area (Å²) in [7, 11) is 0. The van der Waals surface area contributed by atoms with Gasteiger partial charge in [-0.2, -0.15) is 13.2 Å². The number of amides is 1. The monoisotopic (exact) mass is 311 g/mol. The van der Waals surface area contributed by atoms with Crippen LogP contribution in [0.2, 0.25) is 0 Å². The van der Waals surface area contributed by atoms with E-state index in [0.29, 0.717) is 0 Å². The van der Waals surface area contributed by atoms with E-state index < -0.39 is 18.1 Å². The number of hydrogen-bond donors (Lipinski definition) is 2. The van der Waals surface area contributed by atoms with Crippen LogP contribution < -0.4 is 5.32 Å². The summed E-state index contributed by atoms with van der Waals surface area (Å²) < 4.78 is 36.0. The Kier molecular flexibility index (Phi) is 3.76. The minimum Gasteiger partial charge on any atom is -0.478 e. The van der Waals surface area contributed by atoms with Crippen molar-refractivity contribution in [3.8, 4) is 0 Å². The van der Waals surface area contributed by atoms with E-state index in [1.807, 2.05) is 0 Å². The number of halogens is 4. The fraction of sp³-hybridized carbons (Fsp3) is 0.111. The standard InChI is InChI=1S/C9H5BrF3NO3/c10-6-2-1-4(3-5(6)7(15)16)14-8(17)9(11,12)13/h1-3H,(H,14,17)(H,15,16). The molecule has 1 aromatic rings. The molecule has 17 heavy (non-hydrogen) atoms. The van der Waals surface area contributed by atoms with Gasteiger partial charge in [0.1, 0.15) is 0 Å². The van der Waals surface area contributed by atoms with E-state index in [0.717, 1.165) is 12.1 Å². The number of carbonyl (C=O) groups excluding carboxylic acids is 1. The van der Waals surface area contributed by atoms with E-state index in [9.17, 15) is 22.8 Å². The van der Waals surface area contributed by atoms with E-state index in [1.54, 1.807) is 5.32 Å². The molecule has 0 radical (unpaired) electrons.